The molecular weight excluding hydrogens is 218 g/mol. The summed E-state index contributed by atoms with van der Waals surface area (Å²) in [6.45, 7) is 6.13. The van der Waals surface area contributed by atoms with Crippen molar-refractivity contribution in [3.63, 3.8) is 0 Å². The monoisotopic (exact) mass is 233 g/mol. The van der Waals surface area contributed by atoms with Crippen molar-refractivity contribution in [3.05, 3.63) is 34.1 Å². The molecule has 0 aliphatic rings. The summed E-state index contributed by atoms with van der Waals surface area (Å²) in [5, 5.41) is 4.23. The van der Waals surface area contributed by atoms with E-state index in [1.54, 1.807) is 23.9 Å². The molecule has 6 heteroatoms. The van der Waals surface area contributed by atoms with E-state index >= 15 is 0 Å². The molecule has 0 aromatic carbocycles. The number of hydrogen-bond acceptors (Lipinski definition) is 4. The number of aromatic nitrogens is 4. The summed E-state index contributed by atoms with van der Waals surface area (Å²) in [5.41, 5.74) is 7.71. The fraction of sp³-hybridized carbons (Fsp3) is 0.364. The molecule has 0 radical (unpaired) electrons. The van der Waals surface area contributed by atoms with Gasteiger partial charge in [-0.05, 0) is 20.8 Å². The van der Waals surface area contributed by atoms with E-state index < -0.39 is 0 Å². The minimum atomic E-state index is -0.166. The van der Waals surface area contributed by atoms with Crippen LogP contribution in [-0.4, -0.2) is 19.3 Å². The molecule has 90 valence electrons. The molecule has 0 atom stereocenters. The topological polar surface area (TPSA) is 78.7 Å². The molecule has 0 bridgehead atoms. The summed E-state index contributed by atoms with van der Waals surface area (Å²) in [5.74, 6) is 0.284. The van der Waals surface area contributed by atoms with Crippen molar-refractivity contribution in [2.45, 2.75) is 27.3 Å². The molecule has 2 aromatic rings. The molecule has 0 unspecified atom stereocenters. The van der Waals surface area contributed by atoms with Crippen LogP contribution in [0.1, 0.15) is 18.3 Å². The van der Waals surface area contributed by atoms with Gasteiger partial charge in [0.25, 0.3) is 5.56 Å². The van der Waals surface area contributed by atoms with Crippen molar-refractivity contribution in [2.75, 3.05) is 5.73 Å². The Morgan fingerprint density at radius 2 is 2.12 bits per heavy atom. The van der Waals surface area contributed by atoms with Crippen LogP contribution in [0.4, 0.5) is 5.69 Å². The highest BCUT2D eigenvalue weighted by atomic mass is 16.1. The van der Waals surface area contributed by atoms with Crippen LogP contribution in [0.15, 0.2) is 17.2 Å². The lowest BCUT2D eigenvalue weighted by atomic mass is 10.3. The molecule has 0 spiro atoms. The average Bonchev–Trinajstić information content (AvgIpc) is 2.57. The van der Waals surface area contributed by atoms with Crippen LogP contribution in [0.3, 0.4) is 0 Å². The van der Waals surface area contributed by atoms with Gasteiger partial charge in [-0.2, -0.15) is 5.10 Å². The number of hydrogen-bond donors (Lipinski definition) is 1. The molecule has 0 aliphatic heterocycles. The largest absolute Gasteiger partial charge is 0.396 e. The fourth-order valence-corrected chi connectivity index (χ4v) is 1.69. The molecule has 17 heavy (non-hydrogen) atoms. The van der Waals surface area contributed by atoms with Gasteiger partial charge < -0.3 is 10.3 Å². The smallest absolute Gasteiger partial charge is 0.295 e. The molecule has 2 rings (SSSR count). The zero-order valence-corrected chi connectivity index (χ0v) is 10.1. The molecule has 2 heterocycles. The Labute approximate surface area is 98.7 Å². The molecule has 0 amide bonds. The summed E-state index contributed by atoms with van der Waals surface area (Å²) < 4.78 is 3.08. The molecule has 6 nitrogen and oxygen atoms in total. The second-order valence-electron chi connectivity index (χ2n) is 3.84. The number of nitrogens with two attached hydrogens (primary N) is 1. The minimum absolute atomic E-state index is 0.166. The molecule has 2 aromatic heterocycles. The van der Waals surface area contributed by atoms with Gasteiger partial charge in [0.2, 0.25) is 5.82 Å². The van der Waals surface area contributed by atoms with Crippen molar-refractivity contribution in [1.82, 2.24) is 19.3 Å². The molecular formula is C11H15N5O. The maximum atomic E-state index is 12.1. The third-order valence-corrected chi connectivity index (χ3v) is 2.78. The molecule has 0 saturated carbocycles. The van der Waals surface area contributed by atoms with Gasteiger partial charge in [0, 0.05) is 18.9 Å². The van der Waals surface area contributed by atoms with E-state index in [4.69, 9.17) is 5.73 Å². The standard InChI is InChI=1S/C11H15N5O/c1-4-15-6-5-13-10(11(15)17)16-8(3)9(12)7(2)14-16/h5-6H,4,12H2,1-3H3. The Balaban J connectivity index is 2.69. The number of nitrogens with zero attached hydrogens (tertiary/aromatic N) is 4. The third-order valence-electron chi connectivity index (χ3n) is 2.78. The predicted molar refractivity (Wildman–Crippen MR) is 65.2 cm³/mol. The molecule has 0 saturated heterocycles. The second kappa shape index (κ2) is 4.04. The minimum Gasteiger partial charge on any atom is -0.396 e. The van der Waals surface area contributed by atoms with Crippen LogP contribution < -0.4 is 11.3 Å². The molecule has 0 fully saturated rings. The highest BCUT2D eigenvalue weighted by Crippen LogP contribution is 2.16. The Bertz CT molecular complexity index is 611. The average molecular weight is 233 g/mol. The van der Waals surface area contributed by atoms with Crippen molar-refractivity contribution in [1.29, 1.82) is 0 Å². The van der Waals surface area contributed by atoms with Crippen molar-refractivity contribution >= 4 is 5.69 Å². The Kier molecular flexibility index (Phi) is 2.71. The normalized spacial score (nSPS) is 10.8. The van der Waals surface area contributed by atoms with Gasteiger partial charge in [-0.1, -0.05) is 0 Å². The lowest BCUT2D eigenvalue weighted by Crippen LogP contribution is -2.25. The Morgan fingerprint density at radius 3 is 2.65 bits per heavy atom. The number of nitrogen functional groups attached to an aromatic ring is 1. The van der Waals surface area contributed by atoms with Gasteiger partial charge in [-0.3, -0.25) is 4.79 Å². The maximum Gasteiger partial charge on any atom is 0.295 e. The fourth-order valence-electron chi connectivity index (χ4n) is 1.69. The third kappa shape index (κ3) is 1.71. The molecule has 0 aliphatic carbocycles. The van der Waals surface area contributed by atoms with Crippen LogP contribution in [0.25, 0.3) is 5.82 Å². The maximum absolute atomic E-state index is 12.1. The van der Waals surface area contributed by atoms with Gasteiger partial charge in [0.15, 0.2) is 0 Å². The lowest BCUT2D eigenvalue weighted by Gasteiger charge is -2.05. The van der Waals surface area contributed by atoms with E-state index in [0.29, 0.717) is 17.9 Å². The van der Waals surface area contributed by atoms with Crippen LogP contribution >= 0.6 is 0 Å². The SMILES string of the molecule is CCn1ccnc(-n2nc(C)c(N)c2C)c1=O. The van der Waals surface area contributed by atoms with Crippen LogP contribution in [-0.2, 0) is 6.54 Å². The van der Waals surface area contributed by atoms with Crippen molar-refractivity contribution in [2.24, 2.45) is 0 Å². The zero-order valence-electron chi connectivity index (χ0n) is 10.1. The first-order chi connectivity index (χ1) is 8.06. The summed E-state index contributed by atoms with van der Waals surface area (Å²) in [6.07, 6.45) is 3.24. The van der Waals surface area contributed by atoms with E-state index in [1.807, 2.05) is 13.8 Å². The number of aryl methyl sites for hydroxylation is 2. The summed E-state index contributed by atoms with van der Waals surface area (Å²) in [6, 6.07) is 0. The van der Waals surface area contributed by atoms with E-state index in [2.05, 4.69) is 10.1 Å². The second-order valence-corrected chi connectivity index (χ2v) is 3.84. The highest BCUT2D eigenvalue weighted by Gasteiger charge is 2.14. The first-order valence-electron chi connectivity index (χ1n) is 5.43. The van der Waals surface area contributed by atoms with Crippen LogP contribution in [0.5, 0.6) is 0 Å². The summed E-state index contributed by atoms with van der Waals surface area (Å²) in [7, 11) is 0. The van der Waals surface area contributed by atoms with E-state index in [-0.39, 0.29) is 11.4 Å². The molecule has 2 N–H and O–H groups in total. The quantitative estimate of drug-likeness (QED) is 0.826. The van der Waals surface area contributed by atoms with Crippen LogP contribution in [0, 0.1) is 13.8 Å². The Morgan fingerprint density at radius 1 is 1.41 bits per heavy atom. The van der Waals surface area contributed by atoms with Crippen molar-refractivity contribution < 1.29 is 0 Å². The van der Waals surface area contributed by atoms with Crippen molar-refractivity contribution in [3.8, 4) is 5.82 Å². The van der Waals surface area contributed by atoms with Gasteiger partial charge >= 0.3 is 0 Å². The first kappa shape index (κ1) is 11.4. The van der Waals surface area contributed by atoms with Gasteiger partial charge in [-0.25, -0.2) is 9.67 Å². The highest BCUT2D eigenvalue weighted by molar-refractivity contribution is 5.49. The zero-order chi connectivity index (χ0) is 12.6. The number of anilines is 1. The van der Waals surface area contributed by atoms with E-state index in [0.717, 1.165) is 5.69 Å². The Hall–Kier alpha value is -2.11. The van der Waals surface area contributed by atoms with Gasteiger partial charge in [-0.15, -0.1) is 0 Å². The van der Waals surface area contributed by atoms with E-state index in [1.165, 1.54) is 4.68 Å². The van der Waals surface area contributed by atoms with Crippen LogP contribution in [0.2, 0.25) is 0 Å². The number of rotatable bonds is 2. The van der Waals surface area contributed by atoms with E-state index in [9.17, 15) is 4.79 Å². The predicted octanol–water partition coefficient (Wildman–Crippen LogP) is 0.648. The summed E-state index contributed by atoms with van der Waals surface area (Å²) in [4.78, 5) is 16.2. The first-order valence-corrected chi connectivity index (χ1v) is 5.43. The van der Waals surface area contributed by atoms with Gasteiger partial charge in [0.05, 0.1) is 17.1 Å². The summed E-state index contributed by atoms with van der Waals surface area (Å²) >= 11 is 0. The van der Waals surface area contributed by atoms with Gasteiger partial charge in [0.1, 0.15) is 0 Å². The lowest BCUT2D eigenvalue weighted by molar-refractivity contribution is 0.687.